The quantitative estimate of drug-likeness (QED) is 0.734. The van der Waals surface area contributed by atoms with Gasteiger partial charge in [-0.25, -0.2) is 8.42 Å². The second kappa shape index (κ2) is 7.08. The summed E-state index contributed by atoms with van der Waals surface area (Å²) in [4.78, 5) is 6.70. The lowest BCUT2D eigenvalue weighted by Gasteiger charge is -2.27. The molecule has 0 N–H and O–H groups in total. The zero-order valence-electron chi connectivity index (χ0n) is 13.7. The molecule has 2 heterocycles. The molecule has 2 aromatic rings. The van der Waals surface area contributed by atoms with Crippen LogP contribution in [0.5, 0.6) is 0 Å². The number of aliphatic imine (C=N–C) groups is 1. The van der Waals surface area contributed by atoms with E-state index in [0.717, 1.165) is 16.6 Å². The number of anilines is 1. The van der Waals surface area contributed by atoms with Gasteiger partial charge < -0.3 is 4.90 Å². The molecule has 0 spiro atoms. The normalized spacial score (nSPS) is 23.8. The Kier molecular flexibility index (Phi) is 4.94. The van der Waals surface area contributed by atoms with E-state index in [1.54, 1.807) is 30.0 Å². The third-order valence-corrected chi connectivity index (χ3v) is 7.62. The number of fused-ring (bicyclic) bond motifs is 1. The Morgan fingerprint density at radius 2 is 1.77 bits per heavy atom. The molecule has 0 amide bonds. The Labute approximate surface area is 167 Å². The highest BCUT2D eigenvalue weighted by molar-refractivity contribution is 8.13. The first-order chi connectivity index (χ1) is 12.4. The summed E-state index contributed by atoms with van der Waals surface area (Å²) in [5, 5.41) is 1.85. The molecule has 0 saturated carbocycles. The van der Waals surface area contributed by atoms with E-state index in [1.807, 2.05) is 23.1 Å². The lowest BCUT2D eigenvalue weighted by Crippen LogP contribution is -2.39. The molecule has 2 aliphatic heterocycles. The third kappa shape index (κ3) is 3.74. The van der Waals surface area contributed by atoms with Crippen LogP contribution in [0.1, 0.15) is 5.56 Å². The summed E-state index contributed by atoms with van der Waals surface area (Å²) in [5.74, 6) is 0.954. The standard InChI is InChI=1S/C18H16Cl2N2O2S2/c19-13-6-14(20)8-15(7-13)22-17-11-26(23,24)10-16(17)21-18(22)25-9-12-4-2-1-3-5-12/h1-8,16-17H,9-11H2/t16-,17+/m0/s1. The molecular weight excluding hydrogens is 411 g/mol. The molecule has 0 bridgehead atoms. The van der Waals surface area contributed by atoms with Crippen LogP contribution >= 0.6 is 35.0 Å². The zero-order chi connectivity index (χ0) is 18.3. The number of sulfone groups is 1. The number of thioether (sulfide) groups is 1. The van der Waals surface area contributed by atoms with Gasteiger partial charge in [0.2, 0.25) is 0 Å². The average Bonchev–Trinajstić information content (AvgIpc) is 3.04. The van der Waals surface area contributed by atoms with Gasteiger partial charge in [0.1, 0.15) is 0 Å². The number of halogens is 2. The molecule has 2 aliphatic rings. The molecular formula is C18H16Cl2N2O2S2. The van der Waals surface area contributed by atoms with Gasteiger partial charge in [0.25, 0.3) is 0 Å². The largest absolute Gasteiger partial charge is 0.315 e. The predicted molar refractivity (Wildman–Crippen MR) is 110 cm³/mol. The summed E-state index contributed by atoms with van der Waals surface area (Å²) in [6.07, 6.45) is 0. The summed E-state index contributed by atoms with van der Waals surface area (Å²) in [6.45, 7) is 0. The number of nitrogens with zero attached hydrogens (tertiary/aromatic N) is 2. The van der Waals surface area contributed by atoms with Crippen LogP contribution in [-0.4, -0.2) is 37.2 Å². The second-order valence-corrected chi connectivity index (χ2v) is 10.4. The van der Waals surface area contributed by atoms with Crippen molar-refractivity contribution >= 4 is 55.7 Å². The predicted octanol–water partition coefficient (Wildman–Crippen LogP) is 4.27. The van der Waals surface area contributed by atoms with Crippen LogP contribution in [-0.2, 0) is 15.6 Å². The highest BCUT2D eigenvalue weighted by Crippen LogP contribution is 2.37. The molecule has 4 rings (SSSR count). The molecule has 0 radical (unpaired) electrons. The van der Waals surface area contributed by atoms with Crippen molar-refractivity contribution < 1.29 is 8.42 Å². The smallest absolute Gasteiger partial charge is 0.164 e. The summed E-state index contributed by atoms with van der Waals surface area (Å²) >= 11 is 13.9. The van der Waals surface area contributed by atoms with Gasteiger partial charge in [0, 0.05) is 21.5 Å². The first-order valence-electron chi connectivity index (χ1n) is 8.11. The van der Waals surface area contributed by atoms with Crippen molar-refractivity contribution in [2.45, 2.75) is 17.8 Å². The summed E-state index contributed by atoms with van der Waals surface area (Å²) < 4.78 is 24.2. The van der Waals surface area contributed by atoms with E-state index < -0.39 is 9.84 Å². The van der Waals surface area contributed by atoms with Gasteiger partial charge in [-0.15, -0.1) is 0 Å². The summed E-state index contributed by atoms with van der Waals surface area (Å²) in [5.41, 5.74) is 1.97. The number of hydrogen-bond donors (Lipinski definition) is 0. The maximum Gasteiger partial charge on any atom is 0.164 e. The molecule has 2 aromatic carbocycles. The van der Waals surface area contributed by atoms with E-state index in [0.29, 0.717) is 10.0 Å². The minimum Gasteiger partial charge on any atom is -0.315 e. The maximum atomic E-state index is 12.1. The van der Waals surface area contributed by atoms with Crippen LogP contribution in [0.15, 0.2) is 53.5 Å². The molecule has 1 saturated heterocycles. The molecule has 0 unspecified atom stereocenters. The second-order valence-electron chi connectivity index (χ2n) is 6.40. The molecule has 0 aliphatic carbocycles. The van der Waals surface area contributed by atoms with Gasteiger partial charge in [-0.3, -0.25) is 4.99 Å². The van der Waals surface area contributed by atoms with E-state index >= 15 is 0 Å². The zero-order valence-corrected chi connectivity index (χ0v) is 16.8. The van der Waals surface area contributed by atoms with E-state index in [-0.39, 0.29) is 23.6 Å². The monoisotopic (exact) mass is 426 g/mol. The van der Waals surface area contributed by atoms with Gasteiger partial charge in [-0.2, -0.15) is 0 Å². The van der Waals surface area contributed by atoms with Gasteiger partial charge >= 0.3 is 0 Å². The van der Waals surface area contributed by atoms with Crippen LogP contribution < -0.4 is 4.90 Å². The van der Waals surface area contributed by atoms with Crippen LogP contribution in [0, 0.1) is 0 Å². The Balaban J connectivity index is 1.66. The van der Waals surface area contributed by atoms with Gasteiger partial charge in [0.15, 0.2) is 15.0 Å². The fourth-order valence-corrected chi connectivity index (χ4v) is 6.77. The van der Waals surface area contributed by atoms with Crippen LogP contribution in [0.4, 0.5) is 5.69 Å². The molecule has 0 aromatic heterocycles. The highest BCUT2D eigenvalue weighted by atomic mass is 35.5. The number of hydrogen-bond acceptors (Lipinski definition) is 5. The van der Waals surface area contributed by atoms with E-state index in [2.05, 4.69) is 12.1 Å². The topological polar surface area (TPSA) is 49.7 Å². The van der Waals surface area contributed by atoms with E-state index in [9.17, 15) is 8.42 Å². The number of amidine groups is 1. The number of benzene rings is 2. The van der Waals surface area contributed by atoms with Crippen molar-refractivity contribution in [2.75, 3.05) is 16.4 Å². The SMILES string of the molecule is O=S1(=O)C[C@@H]2N=C(SCc3ccccc3)N(c3cc(Cl)cc(Cl)c3)[C@@H]2C1. The Bertz CT molecular complexity index is 944. The minimum absolute atomic E-state index is 0.0951. The van der Waals surface area contributed by atoms with Crippen LogP contribution in [0.3, 0.4) is 0 Å². The van der Waals surface area contributed by atoms with Crippen molar-refractivity contribution in [3.05, 3.63) is 64.1 Å². The van der Waals surface area contributed by atoms with Crippen molar-refractivity contribution in [2.24, 2.45) is 4.99 Å². The molecule has 2 atom stereocenters. The fraction of sp³-hybridized carbons (Fsp3) is 0.278. The Morgan fingerprint density at radius 1 is 1.08 bits per heavy atom. The molecule has 4 nitrogen and oxygen atoms in total. The average molecular weight is 427 g/mol. The minimum atomic E-state index is -3.08. The first kappa shape index (κ1) is 18.2. The molecule has 8 heteroatoms. The highest BCUT2D eigenvalue weighted by Gasteiger charge is 2.47. The third-order valence-electron chi connectivity index (χ3n) is 4.44. The van der Waals surface area contributed by atoms with Gasteiger partial charge in [-0.05, 0) is 23.8 Å². The Hall–Kier alpha value is -1.21. The van der Waals surface area contributed by atoms with E-state index in [4.69, 9.17) is 28.2 Å². The van der Waals surface area contributed by atoms with Crippen LogP contribution in [0.2, 0.25) is 10.0 Å². The first-order valence-corrected chi connectivity index (χ1v) is 11.7. The summed E-state index contributed by atoms with van der Waals surface area (Å²) in [6, 6.07) is 15.0. The van der Waals surface area contributed by atoms with Crippen LogP contribution in [0.25, 0.3) is 0 Å². The van der Waals surface area contributed by atoms with Gasteiger partial charge in [-0.1, -0.05) is 65.3 Å². The van der Waals surface area contributed by atoms with E-state index in [1.165, 1.54) is 5.56 Å². The fourth-order valence-electron chi connectivity index (χ4n) is 3.34. The lowest BCUT2D eigenvalue weighted by atomic mass is 10.1. The number of rotatable bonds is 3. The van der Waals surface area contributed by atoms with Crippen molar-refractivity contribution in [3.63, 3.8) is 0 Å². The van der Waals surface area contributed by atoms with Crippen molar-refractivity contribution in [3.8, 4) is 0 Å². The Morgan fingerprint density at radius 3 is 2.46 bits per heavy atom. The lowest BCUT2D eigenvalue weighted by molar-refractivity contribution is 0.601. The molecule has 26 heavy (non-hydrogen) atoms. The van der Waals surface area contributed by atoms with Crippen molar-refractivity contribution in [1.29, 1.82) is 0 Å². The van der Waals surface area contributed by atoms with Crippen molar-refractivity contribution in [1.82, 2.24) is 0 Å². The molecule has 1 fully saturated rings. The summed E-state index contributed by atoms with van der Waals surface area (Å²) in [7, 11) is -3.08. The van der Waals surface area contributed by atoms with Gasteiger partial charge in [0.05, 0.1) is 23.6 Å². The molecule has 136 valence electrons. The maximum absolute atomic E-state index is 12.1.